The Morgan fingerprint density at radius 1 is 0.676 bits per heavy atom. The molecule has 8 nitrogen and oxygen atoms in total. The van der Waals surface area contributed by atoms with E-state index in [1.54, 1.807) is 74.5 Å². The van der Waals surface area contributed by atoms with Crippen molar-refractivity contribution >= 4 is 45.3 Å². The molecule has 2 aromatic carbocycles. The minimum absolute atomic E-state index is 0.185. The molecule has 0 spiro atoms. The fourth-order valence-electron chi connectivity index (χ4n) is 2.72. The average Bonchev–Trinajstić information content (AvgIpc) is 2.86. The van der Waals surface area contributed by atoms with Crippen LogP contribution >= 0.6 is 21.6 Å². The van der Waals surface area contributed by atoms with E-state index in [1.165, 1.54) is 21.6 Å². The first kappa shape index (κ1) is 27.3. The van der Waals surface area contributed by atoms with Gasteiger partial charge in [-0.3, -0.25) is 9.59 Å². The molecular weight excluding hydrogens is 476 g/mol. The number of amides is 2. The van der Waals surface area contributed by atoms with Crippen LogP contribution in [0.25, 0.3) is 0 Å². The van der Waals surface area contributed by atoms with E-state index >= 15 is 0 Å². The second-order valence-electron chi connectivity index (χ2n) is 6.86. The van der Waals surface area contributed by atoms with E-state index in [1.807, 2.05) is 0 Å². The van der Waals surface area contributed by atoms with E-state index in [9.17, 15) is 19.2 Å². The number of hydrogen-bond donors (Lipinski definition) is 2. The Kier molecular flexibility index (Phi) is 12.0. The number of esters is 2. The van der Waals surface area contributed by atoms with Gasteiger partial charge >= 0.3 is 11.9 Å². The van der Waals surface area contributed by atoms with Crippen molar-refractivity contribution in [2.75, 3.05) is 24.7 Å². The van der Waals surface area contributed by atoms with Crippen molar-refractivity contribution in [3.8, 4) is 0 Å². The molecule has 10 heteroatoms. The third kappa shape index (κ3) is 9.11. The van der Waals surface area contributed by atoms with Gasteiger partial charge in [-0.05, 0) is 38.1 Å². The van der Waals surface area contributed by atoms with Crippen LogP contribution < -0.4 is 10.6 Å². The predicted octanol–water partition coefficient (Wildman–Crippen LogP) is 3.09. The van der Waals surface area contributed by atoms with E-state index in [2.05, 4.69) is 10.6 Å². The molecule has 2 aromatic rings. The number of benzene rings is 2. The lowest BCUT2D eigenvalue weighted by Gasteiger charge is -2.19. The number of rotatable bonds is 13. The Balaban J connectivity index is 1.95. The number of carbonyl (C=O) groups is 4. The summed E-state index contributed by atoms with van der Waals surface area (Å²) in [7, 11) is 2.56. The molecule has 0 bridgehead atoms. The van der Waals surface area contributed by atoms with Crippen LogP contribution in [0.2, 0.25) is 0 Å². The van der Waals surface area contributed by atoms with Crippen molar-refractivity contribution in [3.63, 3.8) is 0 Å². The summed E-state index contributed by atoms with van der Waals surface area (Å²) >= 11 is 0. The maximum atomic E-state index is 12.5. The first-order valence-electron chi connectivity index (χ1n) is 10.8. The van der Waals surface area contributed by atoms with Crippen molar-refractivity contribution in [2.45, 2.75) is 25.9 Å². The van der Waals surface area contributed by atoms with Gasteiger partial charge in [0.15, 0.2) is 0 Å². The van der Waals surface area contributed by atoms with Crippen LogP contribution in [0.15, 0.2) is 60.7 Å². The molecule has 2 amide bonds. The standard InChI is InChI=1S/C24H28N2O6S2/c1-3-31-23(29)19(25-21(27)17-11-7-5-8-12-17)15-33-34-16-20(24(30)32-4-2)26-22(28)18-13-9-6-10-14-18/h5-14,19-20H,3-4,15-16H2,1-2H3,(H,25,27)(H,26,28)/t19-,20-/m0/s1. The SMILES string of the molecule is CCOC(=O)[C@H](CSSC[C@H](NC(=O)c1ccccc1)C(=O)OCC)NC(=O)c1ccccc1. The quantitative estimate of drug-likeness (QED) is 0.243. The molecule has 0 saturated heterocycles. The Hall–Kier alpha value is -2.98. The number of hydrogen-bond acceptors (Lipinski definition) is 8. The molecule has 0 aliphatic carbocycles. The van der Waals surface area contributed by atoms with E-state index in [0.717, 1.165) is 0 Å². The van der Waals surface area contributed by atoms with Crippen molar-refractivity contribution in [3.05, 3.63) is 71.8 Å². The van der Waals surface area contributed by atoms with Gasteiger partial charge in [0.1, 0.15) is 12.1 Å². The molecule has 0 aliphatic rings. The molecule has 0 saturated carbocycles. The van der Waals surface area contributed by atoms with Crippen molar-refractivity contribution in [1.29, 1.82) is 0 Å². The molecule has 34 heavy (non-hydrogen) atoms. The highest BCUT2D eigenvalue weighted by molar-refractivity contribution is 8.76. The zero-order chi connectivity index (χ0) is 24.8. The van der Waals surface area contributed by atoms with Crippen LogP contribution in [-0.2, 0) is 19.1 Å². The summed E-state index contributed by atoms with van der Waals surface area (Å²) in [4.78, 5) is 49.6. The number of ether oxygens (including phenoxy) is 2. The second-order valence-corrected chi connectivity index (χ2v) is 9.41. The fraction of sp³-hybridized carbons (Fsp3) is 0.333. The van der Waals surface area contributed by atoms with Gasteiger partial charge in [-0.15, -0.1) is 0 Å². The normalized spacial score (nSPS) is 12.2. The predicted molar refractivity (Wildman–Crippen MR) is 134 cm³/mol. The third-order valence-corrected chi connectivity index (χ3v) is 6.80. The summed E-state index contributed by atoms with van der Waals surface area (Å²) in [5.41, 5.74) is 0.862. The first-order valence-corrected chi connectivity index (χ1v) is 13.2. The van der Waals surface area contributed by atoms with Crippen LogP contribution in [-0.4, -0.2) is 60.6 Å². The fourth-order valence-corrected chi connectivity index (χ4v) is 5.01. The van der Waals surface area contributed by atoms with E-state index in [0.29, 0.717) is 11.1 Å². The summed E-state index contributed by atoms with van der Waals surface area (Å²) in [5.74, 6) is -1.43. The molecular formula is C24H28N2O6S2. The van der Waals surface area contributed by atoms with Gasteiger partial charge in [-0.25, -0.2) is 9.59 Å². The summed E-state index contributed by atoms with van der Waals surface area (Å²) in [6, 6.07) is 15.4. The Bertz CT molecular complexity index is 865. The van der Waals surface area contributed by atoms with Crippen LogP contribution in [0.1, 0.15) is 34.6 Å². The zero-order valence-electron chi connectivity index (χ0n) is 19.0. The van der Waals surface area contributed by atoms with Gasteiger partial charge in [0, 0.05) is 22.6 Å². The molecule has 0 radical (unpaired) electrons. The van der Waals surface area contributed by atoms with Gasteiger partial charge in [0.05, 0.1) is 13.2 Å². The highest BCUT2D eigenvalue weighted by atomic mass is 33.1. The number of carbonyl (C=O) groups excluding carboxylic acids is 4. The van der Waals surface area contributed by atoms with Gasteiger partial charge in [-0.2, -0.15) is 0 Å². The first-order chi connectivity index (χ1) is 16.5. The Labute approximate surface area is 206 Å². The molecule has 0 fully saturated rings. The highest BCUT2D eigenvalue weighted by Gasteiger charge is 2.25. The smallest absolute Gasteiger partial charge is 0.329 e. The lowest BCUT2D eigenvalue weighted by molar-refractivity contribution is -0.145. The third-order valence-electron chi connectivity index (χ3n) is 4.38. The minimum atomic E-state index is -0.870. The molecule has 2 N–H and O–H groups in total. The number of nitrogens with one attached hydrogen (secondary N) is 2. The van der Waals surface area contributed by atoms with Crippen LogP contribution in [0.4, 0.5) is 0 Å². The van der Waals surface area contributed by atoms with Crippen molar-refractivity contribution in [2.24, 2.45) is 0 Å². The maximum Gasteiger partial charge on any atom is 0.329 e. The van der Waals surface area contributed by atoms with Gasteiger partial charge in [0.2, 0.25) is 0 Å². The second kappa shape index (κ2) is 15.0. The van der Waals surface area contributed by atoms with Crippen molar-refractivity contribution < 1.29 is 28.7 Å². The van der Waals surface area contributed by atoms with E-state index in [4.69, 9.17) is 9.47 Å². The topological polar surface area (TPSA) is 111 Å². The van der Waals surface area contributed by atoms with Gasteiger partial charge in [0.25, 0.3) is 11.8 Å². The average molecular weight is 505 g/mol. The molecule has 0 unspecified atom stereocenters. The molecule has 2 rings (SSSR count). The minimum Gasteiger partial charge on any atom is -0.464 e. The molecule has 182 valence electrons. The van der Waals surface area contributed by atoms with E-state index < -0.39 is 24.0 Å². The summed E-state index contributed by atoms with van der Waals surface area (Å²) < 4.78 is 10.2. The highest BCUT2D eigenvalue weighted by Crippen LogP contribution is 2.24. The maximum absolute atomic E-state index is 12.5. The summed E-state index contributed by atoms with van der Waals surface area (Å²) in [5, 5.41) is 5.39. The molecule has 0 heterocycles. The van der Waals surface area contributed by atoms with Gasteiger partial charge < -0.3 is 20.1 Å². The van der Waals surface area contributed by atoms with Crippen LogP contribution in [0, 0.1) is 0 Å². The molecule has 0 aliphatic heterocycles. The molecule has 0 aromatic heterocycles. The largest absolute Gasteiger partial charge is 0.464 e. The molecule has 2 atom stereocenters. The van der Waals surface area contributed by atoms with Crippen molar-refractivity contribution in [1.82, 2.24) is 10.6 Å². The Morgan fingerprint density at radius 2 is 1.03 bits per heavy atom. The van der Waals surface area contributed by atoms with Gasteiger partial charge in [-0.1, -0.05) is 58.0 Å². The lowest BCUT2D eigenvalue weighted by Crippen LogP contribution is -2.44. The monoisotopic (exact) mass is 504 g/mol. The Morgan fingerprint density at radius 3 is 1.35 bits per heavy atom. The van der Waals surface area contributed by atoms with E-state index in [-0.39, 0.29) is 36.5 Å². The summed E-state index contributed by atoms with van der Waals surface area (Å²) in [6.07, 6.45) is 0. The lowest BCUT2D eigenvalue weighted by atomic mass is 10.2. The van der Waals surface area contributed by atoms with Crippen LogP contribution in [0.5, 0.6) is 0 Å². The zero-order valence-corrected chi connectivity index (χ0v) is 20.7. The van der Waals surface area contributed by atoms with Crippen LogP contribution in [0.3, 0.4) is 0 Å². The summed E-state index contributed by atoms with van der Waals surface area (Å²) in [6.45, 7) is 3.75.